The molecule has 0 fully saturated rings. The van der Waals surface area contributed by atoms with Crippen LogP contribution in [0.25, 0.3) is 6.08 Å². The largest absolute Gasteiger partial charge is 0.262 e. The maximum absolute atomic E-state index is 4.20. The van der Waals surface area contributed by atoms with Crippen molar-refractivity contribution in [2.24, 2.45) is 0 Å². The summed E-state index contributed by atoms with van der Waals surface area (Å²) in [6, 6.07) is 2.57. The minimum absolute atomic E-state index is 0.537. The fraction of sp³-hybridized carbons (Fsp3) is 0.375. The lowest BCUT2D eigenvalue weighted by molar-refractivity contribution is 0.486. The molecule has 10 heavy (non-hydrogen) atoms. The Morgan fingerprint density at radius 3 is 3.40 bits per heavy atom. The highest BCUT2D eigenvalue weighted by Gasteiger charge is 2.09. The fourth-order valence-corrected chi connectivity index (χ4v) is 1.31. The van der Waals surface area contributed by atoms with E-state index in [4.69, 9.17) is 0 Å². The standard InChI is InChI=1S/C8H10N2/c1-7-3-2-4-8-5-6-9-10(7)8/h2,4-7H,3H2,1H3/t7-/m1/s1. The molecule has 2 nitrogen and oxygen atoms in total. The van der Waals surface area contributed by atoms with E-state index in [1.54, 1.807) is 0 Å². The van der Waals surface area contributed by atoms with Crippen molar-refractivity contribution in [3.05, 3.63) is 24.0 Å². The van der Waals surface area contributed by atoms with Crippen LogP contribution in [0.4, 0.5) is 0 Å². The topological polar surface area (TPSA) is 17.8 Å². The molecule has 0 aliphatic carbocycles. The van der Waals surface area contributed by atoms with Crippen molar-refractivity contribution in [3.8, 4) is 0 Å². The van der Waals surface area contributed by atoms with Crippen LogP contribution in [0.5, 0.6) is 0 Å². The molecule has 0 bridgehead atoms. The van der Waals surface area contributed by atoms with Gasteiger partial charge < -0.3 is 0 Å². The van der Waals surface area contributed by atoms with Crippen LogP contribution in [-0.2, 0) is 0 Å². The van der Waals surface area contributed by atoms with E-state index < -0.39 is 0 Å². The van der Waals surface area contributed by atoms with Gasteiger partial charge in [-0.15, -0.1) is 0 Å². The molecule has 0 aromatic carbocycles. The van der Waals surface area contributed by atoms with Crippen molar-refractivity contribution < 1.29 is 0 Å². The van der Waals surface area contributed by atoms with Crippen LogP contribution < -0.4 is 0 Å². The van der Waals surface area contributed by atoms with Crippen LogP contribution in [-0.4, -0.2) is 9.78 Å². The van der Waals surface area contributed by atoms with Gasteiger partial charge >= 0.3 is 0 Å². The van der Waals surface area contributed by atoms with Gasteiger partial charge in [0.2, 0.25) is 0 Å². The highest BCUT2D eigenvalue weighted by molar-refractivity contribution is 5.46. The second-order valence-corrected chi connectivity index (χ2v) is 2.69. The molecule has 52 valence electrons. The third kappa shape index (κ3) is 0.685. The van der Waals surface area contributed by atoms with E-state index in [9.17, 15) is 0 Å². The number of rotatable bonds is 0. The Kier molecular flexibility index (Phi) is 1.13. The minimum Gasteiger partial charge on any atom is -0.262 e. The molecule has 1 aliphatic rings. The summed E-state index contributed by atoms with van der Waals surface area (Å²) in [5.74, 6) is 0. The van der Waals surface area contributed by atoms with E-state index in [-0.39, 0.29) is 0 Å². The minimum atomic E-state index is 0.537. The molecule has 1 aromatic heterocycles. The van der Waals surface area contributed by atoms with Crippen LogP contribution in [0.2, 0.25) is 0 Å². The van der Waals surface area contributed by atoms with Gasteiger partial charge in [-0.05, 0) is 25.5 Å². The van der Waals surface area contributed by atoms with Crippen LogP contribution in [0.15, 0.2) is 18.3 Å². The zero-order chi connectivity index (χ0) is 6.97. The summed E-state index contributed by atoms with van der Waals surface area (Å²) >= 11 is 0. The third-order valence-electron chi connectivity index (χ3n) is 1.88. The maximum Gasteiger partial charge on any atom is 0.0610 e. The zero-order valence-corrected chi connectivity index (χ0v) is 5.99. The van der Waals surface area contributed by atoms with E-state index in [0.29, 0.717) is 6.04 Å². The molecule has 1 atom stereocenters. The highest BCUT2D eigenvalue weighted by Crippen LogP contribution is 2.19. The van der Waals surface area contributed by atoms with Crippen molar-refractivity contribution in [2.45, 2.75) is 19.4 Å². The first kappa shape index (κ1) is 5.71. The fourth-order valence-electron chi connectivity index (χ4n) is 1.31. The first-order valence-electron chi connectivity index (χ1n) is 3.58. The lowest BCUT2D eigenvalue weighted by Crippen LogP contribution is -2.10. The number of aromatic nitrogens is 2. The first-order valence-corrected chi connectivity index (χ1v) is 3.58. The van der Waals surface area contributed by atoms with Crippen molar-refractivity contribution in [1.29, 1.82) is 0 Å². The van der Waals surface area contributed by atoms with E-state index in [2.05, 4.69) is 28.9 Å². The number of hydrogen-bond acceptors (Lipinski definition) is 1. The van der Waals surface area contributed by atoms with E-state index in [1.165, 1.54) is 5.69 Å². The molecule has 0 N–H and O–H groups in total. The lowest BCUT2D eigenvalue weighted by atomic mass is 10.1. The van der Waals surface area contributed by atoms with Crippen LogP contribution in [0.3, 0.4) is 0 Å². The van der Waals surface area contributed by atoms with Gasteiger partial charge in [0, 0.05) is 6.20 Å². The number of hydrogen-bond donors (Lipinski definition) is 0. The molecule has 2 heterocycles. The molecule has 0 unspecified atom stereocenters. The lowest BCUT2D eigenvalue weighted by Gasteiger charge is -2.15. The van der Waals surface area contributed by atoms with Gasteiger partial charge in [0.1, 0.15) is 0 Å². The highest BCUT2D eigenvalue weighted by atomic mass is 15.3. The molecule has 0 saturated carbocycles. The molecule has 0 radical (unpaired) electrons. The summed E-state index contributed by atoms with van der Waals surface area (Å²) in [5.41, 5.74) is 1.22. The number of allylic oxidation sites excluding steroid dienone is 1. The maximum atomic E-state index is 4.20. The third-order valence-corrected chi connectivity index (χ3v) is 1.88. The predicted octanol–water partition coefficient (Wildman–Crippen LogP) is 1.86. The Bertz CT molecular complexity index is 260. The molecule has 2 heteroatoms. The Morgan fingerprint density at radius 1 is 1.70 bits per heavy atom. The summed E-state index contributed by atoms with van der Waals surface area (Å²) in [5, 5.41) is 4.20. The van der Waals surface area contributed by atoms with E-state index in [1.807, 2.05) is 12.3 Å². The van der Waals surface area contributed by atoms with Gasteiger partial charge in [0.25, 0.3) is 0 Å². The summed E-state index contributed by atoms with van der Waals surface area (Å²) in [6.45, 7) is 2.18. The van der Waals surface area contributed by atoms with Crippen LogP contribution in [0, 0.1) is 0 Å². The normalized spacial score (nSPS) is 22.7. The van der Waals surface area contributed by atoms with Crippen molar-refractivity contribution in [3.63, 3.8) is 0 Å². The Balaban J connectivity index is 2.52. The second kappa shape index (κ2) is 1.97. The first-order chi connectivity index (χ1) is 4.88. The van der Waals surface area contributed by atoms with Crippen molar-refractivity contribution in [1.82, 2.24) is 9.78 Å². The molecule has 2 rings (SSSR count). The smallest absolute Gasteiger partial charge is 0.0610 e. The molecular weight excluding hydrogens is 124 g/mol. The number of nitrogens with zero attached hydrogens (tertiary/aromatic N) is 2. The van der Waals surface area contributed by atoms with Gasteiger partial charge in [-0.25, -0.2) is 0 Å². The van der Waals surface area contributed by atoms with Gasteiger partial charge in [-0.1, -0.05) is 6.08 Å². The molecule has 1 aliphatic heterocycles. The molecule has 0 saturated heterocycles. The summed E-state index contributed by atoms with van der Waals surface area (Å²) in [6.07, 6.45) is 7.27. The Hall–Kier alpha value is -1.05. The van der Waals surface area contributed by atoms with Gasteiger partial charge in [0.05, 0.1) is 11.7 Å². The molecular formula is C8H10N2. The van der Waals surface area contributed by atoms with Gasteiger partial charge in [0.15, 0.2) is 0 Å². The molecule has 0 amide bonds. The van der Waals surface area contributed by atoms with Crippen LogP contribution in [0.1, 0.15) is 25.1 Å². The molecule has 1 aromatic rings. The second-order valence-electron chi connectivity index (χ2n) is 2.69. The molecule has 0 spiro atoms. The predicted molar refractivity (Wildman–Crippen MR) is 40.6 cm³/mol. The monoisotopic (exact) mass is 134 g/mol. The van der Waals surface area contributed by atoms with E-state index in [0.717, 1.165) is 6.42 Å². The summed E-state index contributed by atoms with van der Waals surface area (Å²) in [4.78, 5) is 0. The van der Waals surface area contributed by atoms with Crippen LogP contribution >= 0.6 is 0 Å². The van der Waals surface area contributed by atoms with Gasteiger partial charge in [-0.2, -0.15) is 5.10 Å². The average molecular weight is 134 g/mol. The van der Waals surface area contributed by atoms with Crippen molar-refractivity contribution in [2.75, 3.05) is 0 Å². The zero-order valence-electron chi connectivity index (χ0n) is 5.99. The average Bonchev–Trinajstić information content (AvgIpc) is 2.36. The Morgan fingerprint density at radius 2 is 2.60 bits per heavy atom. The van der Waals surface area contributed by atoms with Gasteiger partial charge in [-0.3, -0.25) is 4.68 Å². The van der Waals surface area contributed by atoms with E-state index >= 15 is 0 Å². The Labute approximate surface area is 60.2 Å². The SMILES string of the molecule is C[C@@H]1CC=Cc2ccnn21. The summed E-state index contributed by atoms with van der Waals surface area (Å²) < 4.78 is 2.06. The van der Waals surface area contributed by atoms with Crippen molar-refractivity contribution >= 4 is 6.08 Å². The summed E-state index contributed by atoms with van der Waals surface area (Å²) in [7, 11) is 0. The number of fused-ring (bicyclic) bond motifs is 1. The quantitative estimate of drug-likeness (QED) is 0.529.